The maximum Gasteiger partial charge on any atom is 0.441 e. The minimum absolute atomic E-state index is 0.117. The fourth-order valence-corrected chi connectivity index (χ4v) is 2.65. The number of thioether (sulfide) groups is 1. The lowest BCUT2D eigenvalue weighted by atomic mass is 9.72. The predicted octanol–water partition coefficient (Wildman–Crippen LogP) is 3.65. The van der Waals surface area contributed by atoms with Gasteiger partial charge in [0.15, 0.2) is 0 Å². The highest BCUT2D eigenvalue weighted by Crippen LogP contribution is 2.39. The lowest BCUT2D eigenvalue weighted by Crippen LogP contribution is -2.38. The summed E-state index contributed by atoms with van der Waals surface area (Å²) in [6.45, 7) is 5.14. The van der Waals surface area contributed by atoms with Crippen LogP contribution in [-0.4, -0.2) is 23.8 Å². The van der Waals surface area contributed by atoms with Crippen molar-refractivity contribution in [1.82, 2.24) is 5.32 Å². The first-order chi connectivity index (χ1) is 7.38. The number of halogens is 3. The van der Waals surface area contributed by atoms with Gasteiger partial charge in [0.2, 0.25) is 0 Å². The van der Waals surface area contributed by atoms with Gasteiger partial charge in [0.25, 0.3) is 0 Å². The number of hydrogen-bond acceptors (Lipinski definition) is 2. The second-order valence-electron chi connectivity index (χ2n) is 4.74. The van der Waals surface area contributed by atoms with Gasteiger partial charge in [-0.1, -0.05) is 25.6 Å². The van der Waals surface area contributed by atoms with E-state index in [9.17, 15) is 13.2 Å². The molecule has 0 aromatic heterocycles. The van der Waals surface area contributed by atoms with Crippen molar-refractivity contribution in [3.63, 3.8) is 0 Å². The van der Waals surface area contributed by atoms with E-state index in [0.717, 1.165) is 13.0 Å². The number of hydrogen-bond donors (Lipinski definition) is 1. The molecule has 1 rings (SSSR count). The van der Waals surface area contributed by atoms with Crippen LogP contribution in [0.1, 0.15) is 33.1 Å². The Hall–Kier alpha value is 0.100. The lowest BCUT2D eigenvalue weighted by molar-refractivity contribution is -0.0329. The van der Waals surface area contributed by atoms with Gasteiger partial charge in [-0.15, -0.1) is 0 Å². The van der Waals surface area contributed by atoms with Gasteiger partial charge < -0.3 is 5.32 Å². The summed E-state index contributed by atoms with van der Waals surface area (Å²) in [5.74, 6) is 1.31. The van der Waals surface area contributed by atoms with Gasteiger partial charge in [-0.25, -0.2) is 0 Å². The summed E-state index contributed by atoms with van der Waals surface area (Å²) >= 11 is 0.117. The van der Waals surface area contributed by atoms with E-state index in [1.54, 1.807) is 0 Å². The predicted molar refractivity (Wildman–Crippen MR) is 62.5 cm³/mol. The van der Waals surface area contributed by atoms with Crippen LogP contribution < -0.4 is 5.32 Å². The van der Waals surface area contributed by atoms with Crippen LogP contribution in [0.15, 0.2) is 0 Å². The van der Waals surface area contributed by atoms with Crippen LogP contribution in [0.5, 0.6) is 0 Å². The highest BCUT2D eigenvalue weighted by molar-refractivity contribution is 8.00. The van der Waals surface area contributed by atoms with Crippen molar-refractivity contribution in [2.75, 3.05) is 12.3 Å². The van der Waals surface area contributed by atoms with E-state index in [-0.39, 0.29) is 17.5 Å². The average Bonchev–Trinajstić information content (AvgIpc) is 2.08. The van der Waals surface area contributed by atoms with Gasteiger partial charge in [0, 0.05) is 11.8 Å². The maximum atomic E-state index is 11.9. The number of nitrogens with one attached hydrogen (secondary N) is 1. The van der Waals surface area contributed by atoms with E-state index in [1.165, 1.54) is 6.42 Å². The van der Waals surface area contributed by atoms with Gasteiger partial charge in [0.1, 0.15) is 0 Å². The molecule has 16 heavy (non-hydrogen) atoms. The van der Waals surface area contributed by atoms with E-state index < -0.39 is 5.51 Å². The van der Waals surface area contributed by atoms with Crippen LogP contribution >= 0.6 is 11.8 Å². The molecule has 5 heteroatoms. The second kappa shape index (κ2) is 6.15. The van der Waals surface area contributed by atoms with Crippen molar-refractivity contribution in [1.29, 1.82) is 0 Å². The summed E-state index contributed by atoms with van der Waals surface area (Å²) in [6, 6.07) is 0.464. The summed E-state index contributed by atoms with van der Waals surface area (Å²) < 4.78 is 35.8. The zero-order valence-corrected chi connectivity index (χ0v) is 10.6. The van der Waals surface area contributed by atoms with Gasteiger partial charge in [-0.05, 0) is 37.6 Å². The smallest absolute Gasteiger partial charge is 0.314 e. The molecular weight excluding hydrogens is 235 g/mol. The Balaban J connectivity index is 2.09. The first kappa shape index (κ1) is 14.2. The standard InChI is InChI=1S/C11H20F3NS/c1-8(2)15-7-10-4-3-9(10)5-6-16-11(12,13)14/h8-10,15H,3-7H2,1-2H3. The van der Waals surface area contributed by atoms with Gasteiger partial charge in [-0.3, -0.25) is 0 Å². The quantitative estimate of drug-likeness (QED) is 0.777. The Labute approximate surface area is 99.6 Å². The molecule has 0 spiro atoms. The number of rotatable bonds is 6. The van der Waals surface area contributed by atoms with Crippen LogP contribution in [0.2, 0.25) is 0 Å². The monoisotopic (exact) mass is 255 g/mol. The number of alkyl halides is 3. The highest BCUT2D eigenvalue weighted by Gasteiger charge is 2.33. The molecule has 1 aliphatic carbocycles. The van der Waals surface area contributed by atoms with Crippen LogP contribution in [0.3, 0.4) is 0 Å². The molecule has 1 fully saturated rings. The van der Waals surface area contributed by atoms with Crippen molar-refractivity contribution < 1.29 is 13.2 Å². The largest absolute Gasteiger partial charge is 0.441 e. The van der Waals surface area contributed by atoms with Crippen LogP contribution in [0.25, 0.3) is 0 Å². The van der Waals surface area contributed by atoms with Gasteiger partial charge in [0.05, 0.1) is 0 Å². The van der Waals surface area contributed by atoms with Crippen molar-refractivity contribution in [3.8, 4) is 0 Å². The minimum Gasteiger partial charge on any atom is -0.314 e. The molecule has 96 valence electrons. The maximum absolute atomic E-state index is 11.9. The molecule has 0 radical (unpaired) electrons. The van der Waals surface area contributed by atoms with E-state index in [2.05, 4.69) is 19.2 Å². The van der Waals surface area contributed by atoms with E-state index in [1.807, 2.05) is 0 Å². The fourth-order valence-electron chi connectivity index (χ4n) is 2.00. The molecule has 0 heterocycles. The van der Waals surface area contributed by atoms with Crippen LogP contribution in [0.4, 0.5) is 13.2 Å². The van der Waals surface area contributed by atoms with Crippen molar-refractivity contribution >= 4 is 11.8 Å². The van der Waals surface area contributed by atoms with E-state index in [4.69, 9.17) is 0 Å². The summed E-state index contributed by atoms with van der Waals surface area (Å²) in [6.07, 6.45) is 2.97. The SMILES string of the molecule is CC(C)NCC1CCC1CCSC(F)(F)F. The Bertz CT molecular complexity index is 206. The van der Waals surface area contributed by atoms with E-state index in [0.29, 0.717) is 24.3 Å². The molecule has 0 aliphatic heterocycles. The Morgan fingerprint density at radius 2 is 1.88 bits per heavy atom. The topological polar surface area (TPSA) is 12.0 Å². The first-order valence-electron chi connectivity index (χ1n) is 5.82. The zero-order valence-electron chi connectivity index (χ0n) is 9.81. The molecule has 1 N–H and O–H groups in total. The summed E-state index contributed by atoms with van der Waals surface area (Å²) in [5.41, 5.74) is -4.06. The summed E-state index contributed by atoms with van der Waals surface area (Å²) in [5, 5.41) is 3.36. The Morgan fingerprint density at radius 1 is 1.25 bits per heavy atom. The van der Waals surface area contributed by atoms with Crippen molar-refractivity contribution in [2.24, 2.45) is 11.8 Å². The summed E-state index contributed by atoms with van der Waals surface area (Å²) in [7, 11) is 0. The fraction of sp³-hybridized carbons (Fsp3) is 1.00. The van der Waals surface area contributed by atoms with Gasteiger partial charge in [-0.2, -0.15) is 13.2 Å². The minimum atomic E-state index is -4.06. The third kappa shape index (κ3) is 5.43. The van der Waals surface area contributed by atoms with Gasteiger partial charge >= 0.3 is 5.51 Å². The third-order valence-corrected chi connectivity index (χ3v) is 3.88. The van der Waals surface area contributed by atoms with Crippen molar-refractivity contribution in [2.45, 2.75) is 44.7 Å². The molecule has 1 saturated carbocycles. The molecular formula is C11H20F3NS. The molecule has 2 unspecified atom stereocenters. The normalized spacial score (nSPS) is 25.9. The molecule has 2 atom stereocenters. The molecule has 0 amide bonds. The van der Waals surface area contributed by atoms with Crippen molar-refractivity contribution in [3.05, 3.63) is 0 Å². The average molecular weight is 255 g/mol. The van der Waals surface area contributed by atoms with E-state index >= 15 is 0 Å². The third-order valence-electron chi connectivity index (χ3n) is 3.12. The first-order valence-corrected chi connectivity index (χ1v) is 6.81. The Kier molecular flexibility index (Phi) is 5.44. The molecule has 1 aliphatic rings. The highest BCUT2D eigenvalue weighted by atomic mass is 32.2. The zero-order chi connectivity index (χ0) is 12.2. The molecule has 0 saturated heterocycles. The molecule has 0 aromatic carbocycles. The van der Waals surface area contributed by atoms with Crippen LogP contribution in [-0.2, 0) is 0 Å². The second-order valence-corrected chi connectivity index (χ2v) is 5.90. The van der Waals surface area contributed by atoms with Crippen LogP contribution in [0, 0.1) is 11.8 Å². The lowest BCUT2D eigenvalue weighted by Gasteiger charge is -2.37. The Morgan fingerprint density at radius 3 is 2.31 bits per heavy atom. The molecule has 0 aromatic rings. The molecule has 0 bridgehead atoms. The summed E-state index contributed by atoms with van der Waals surface area (Å²) in [4.78, 5) is 0. The molecule has 1 nitrogen and oxygen atoms in total.